The molecular weight excluding hydrogens is 434 g/mol. The van der Waals surface area contributed by atoms with E-state index < -0.39 is 0 Å². The van der Waals surface area contributed by atoms with E-state index in [4.69, 9.17) is 4.74 Å². The summed E-state index contributed by atoms with van der Waals surface area (Å²) in [7, 11) is 0. The predicted octanol–water partition coefficient (Wildman–Crippen LogP) is 5.13. The number of carbonyl (C=O) groups is 2. The molecule has 0 spiro atoms. The quantitative estimate of drug-likeness (QED) is 0.384. The highest BCUT2D eigenvalue weighted by atomic mass is 32.1. The molecule has 4 aromatic rings. The molecule has 6 nitrogen and oxygen atoms in total. The van der Waals surface area contributed by atoms with Crippen molar-refractivity contribution in [2.45, 2.75) is 13.5 Å². The van der Waals surface area contributed by atoms with Crippen LogP contribution < -0.4 is 15.4 Å². The van der Waals surface area contributed by atoms with Gasteiger partial charge >= 0.3 is 0 Å². The lowest BCUT2D eigenvalue weighted by molar-refractivity contribution is -0.119. The van der Waals surface area contributed by atoms with Crippen molar-refractivity contribution in [3.05, 3.63) is 89.8 Å². The molecule has 0 unspecified atom stereocenters. The molecule has 3 aromatic carbocycles. The van der Waals surface area contributed by atoms with Crippen LogP contribution in [0.2, 0.25) is 0 Å². The molecule has 0 atom stereocenters. The molecule has 2 amide bonds. The van der Waals surface area contributed by atoms with Crippen molar-refractivity contribution in [3.63, 3.8) is 0 Å². The number of nitrogens with zero attached hydrogens (tertiary/aromatic N) is 1. The van der Waals surface area contributed by atoms with Crippen molar-refractivity contribution in [3.8, 4) is 28.1 Å². The number of hydrogen-bond acceptors (Lipinski definition) is 5. The number of hydrogen-bond donors (Lipinski definition) is 2. The van der Waals surface area contributed by atoms with E-state index in [9.17, 15) is 9.59 Å². The van der Waals surface area contributed by atoms with Crippen molar-refractivity contribution >= 4 is 28.3 Å². The molecule has 0 saturated carbocycles. The Morgan fingerprint density at radius 1 is 0.909 bits per heavy atom. The van der Waals surface area contributed by atoms with Gasteiger partial charge in [-0.1, -0.05) is 72.8 Å². The van der Waals surface area contributed by atoms with Gasteiger partial charge in [-0.15, -0.1) is 11.3 Å². The molecule has 0 radical (unpaired) electrons. The summed E-state index contributed by atoms with van der Waals surface area (Å²) in [4.78, 5) is 28.0. The van der Waals surface area contributed by atoms with Crippen LogP contribution in [0, 0.1) is 0 Å². The van der Waals surface area contributed by atoms with Gasteiger partial charge in [-0.25, -0.2) is 4.98 Å². The summed E-state index contributed by atoms with van der Waals surface area (Å²) in [6.07, 6.45) is 0. The Hall–Kier alpha value is -3.97. The first kappa shape index (κ1) is 22.2. The van der Waals surface area contributed by atoms with E-state index in [0.717, 1.165) is 27.9 Å². The lowest BCUT2D eigenvalue weighted by Gasteiger charge is -2.11. The van der Waals surface area contributed by atoms with E-state index in [0.29, 0.717) is 17.4 Å². The number of para-hydroxylation sites is 1. The van der Waals surface area contributed by atoms with Gasteiger partial charge in [-0.3, -0.25) is 14.9 Å². The van der Waals surface area contributed by atoms with Crippen LogP contribution in [0.1, 0.15) is 12.5 Å². The summed E-state index contributed by atoms with van der Waals surface area (Å²) in [5.41, 5.74) is 4.68. The largest absolute Gasteiger partial charge is 0.483 e. The van der Waals surface area contributed by atoms with Crippen LogP contribution >= 0.6 is 11.3 Å². The fourth-order valence-corrected chi connectivity index (χ4v) is 3.97. The second kappa shape index (κ2) is 10.6. The molecule has 1 heterocycles. The zero-order chi connectivity index (χ0) is 23.0. The van der Waals surface area contributed by atoms with Crippen molar-refractivity contribution in [1.82, 2.24) is 10.3 Å². The smallest absolute Gasteiger partial charge is 0.264 e. The first-order valence-corrected chi connectivity index (χ1v) is 11.3. The maximum absolute atomic E-state index is 12.4. The molecular formula is C26H23N3O3S. The number of thiazole rings is 1. The lowest BCUT2D eigenvalue weighted by atomic mass is 10.1. The highest BCUT2D eigenvalue weighted by Gasteiger charge is 2.11. The van der Waals surface area contributed by atoms with Gasteiger partial charge in [0, 0.05) is 30.0 Å². The average molecular weight is 458 g/mol. The first-order chi connectivity index (χ1) is 16.1. The van der Waals surface area contributed by atoms with Gasteiger partial charge < -0.3 is 10.1 Å². The Kier molecular flexibility index (Phi) is 7.12. The normalized spacial score (nSPS) is 10.5. The van der Waals surface area contributed by atoms with Crippen LogP contribution in [-0.2, 0) is 16.1 Å². The third kappa shape index (κ3) is 6.05. The van der Waals surface area contributed by atoms with E-state index in [1.807, 2.05) is 84.2 Å². The van der Waals surface area contributed by atoms with E-state index in [2.05, 4.69) is 15.6 Å². The highest BCUT2D eigenvalue weighted by Crippen LogP contribution is 2.30. The topological polar surface area (TPSA) is 80.3 Å². The summed E-state index contributed by atoms with van der Waals surface area (Å²) in [6, 6.07) is 25.3. The fraction of sp³-hybridized carbons (Fsp3) is 0.115. The minimum absolute atomic E-state index is 0.0634. The van der Waals surface area contributed by atoms with Gasteiger partial charge in [0.2, 0.25) is 5.91 Å². The van der Waals surface area contributed by atoms with E-state index in [1.165, 1.54) is 18.3 Å². The van der Waals surface area contributed by atoms with Crippen LogP contribution in [0.3, 0.4) is 0 Å². The molecule has 7 heteroatoms. The highest BCUT2D eigenvalue weighted by molar-refractivity contribution is 7.14. The van der Waals surface area contributed by atoms with Crippen LogP contribution in [0.5, 0.6) is 5.75 Å². The van der Waals surface area contributed by atoms with Gasteiger partial charge in [0.05, 0.1) is 5.69 Å². The molecule has 0 aliphatic rings. The summed E-state index contributed by atoms with van der Waals surface area (Å²) >= 11 is 1.36. The van der Waals surface area contributed by atoms with Gasteiger partial charge in [-0.2, -0.15) is 0 Å². The molecule has 0 saturated heterocycles. The molecule has 0 bridgehead atoms. The molecule has 33 heavy (non-hydrogen) atoms. The monoisotopic (exact) mass is 457 g/mol. The van der Waals surface area contributed by atoms with E-state index in [-0.39, 0.29) is 18.4 Å². The minimum Gasteiger partial charge on any atom is -0.483 e. The number of carbonyl (C=O) groups excluding carboxylic acids is 2. The first-order valence-electron chi connectivity index (χ1n) is 10.4. The minimum atomic E-state index is -0.274. The van der Waals surface area contributed by atoms with Gasteiger partial charge in [0.15, 0.2) is 11.7 Å². The standard InChI is InChI=1S/C26H23N3O3S/c1-18(30)27-15-19-11-13-21(14-12-19)23-17-33-26(28-23)29-25(31)16-32-24-10-6-5-9-22(24)20-7-3-2-4-8-20/h2-14,17H,15-16H2,1H3,(H,27,30)(H,28,29,31). The van der Waals surface area contributed by atoms with E-state index in [1.54, 1.807) is 0 Å². The Morgan fingerprint density at radius 3 is 2.39 bits per heavy atom. The van der Waals surface area contributed by atoms with Crippen LogP contribution in [0.15, 0.2) is 84.2 Å². The number of rotatable bonds is 8. The molecule has 0 aliphatic carbocycles. The maximum atomic E-state index is 12.4. The zero-order valence-electron chi connectivity index (χ0n) is 18.1. The number of aromatic nitrogens is 1. The molecule has 1 aromatic heterocycles. The van der Waals surface area contributed by atoms with Crippen LogP contribution in [0.25, 0.3) is 22.4 Å². The summed E-state index contributed by atoms with van der Waals surface area (Å²) in [6.45, 7) is 1.87. The molecule has 0 aliphatic heterocycles. The fourth-order valence-electron chi connectivity index (χ4n) is 3.23. The lowest BCUT2D eigenvalue weighted by Crippen LogP contribution is -2.20. The van der Waals surface area contributed by atoms with Gasteiger partial charge in [-0.05, 0) is 17.2 Å². The predicted molar refractivity (Wildman–Crippen MR) is 131 cm³/mol. The summed E-state index contributed by atoms with van der Waals surface area (Å²) in [5, 5.41) is 7.98. The van der Waals surface area contributed by atoms with Crippen molar-refractivity contribution in [2.75, 3.05) is 11.9 Å². The summed E-state index contributed by atoms with van der Waals surface area (Å²) < 4.78 is 5.80. The van der Waals surface area contributed by atoms with Crippen LogP contribution in [-0.4, -0.2) is 23.4 Å². The third-order valence-corrected chi connectivity index (χ3v) is 5.63. The molecule has 166 valence electrons. The Morgan fingerprint density at radius 2 is 1.64 bits per heavy atom. The van der Waals surface area contributed by atoms with Gasteiger partial charge in [0.1, 0.15) is 5.75 Å². The Bertz CT molecular complexity index is 1240. The zero-order valence-corrected chi connectivity index (χ0v) is 18.9. The molecule has 2 N–H and O–H groups in total. The number of amides is 2. The summed E-state index contributed by atoms with van der Waals surface area (Å²) in [5.74, 6) is 0.314. The van der Waals surface area contributed by atoms with E-state index >= 15 is 0 Å². The number of nitrogens with one attached hydrogen (secondary N) is 2. The second-order valence-electron chi connectivity index (χ2n) is 7.34. The SMILES string of the molecule is CC(=O)NCc1ccc(-c2csc(NC(=O)COc3ccccc3-c3ccccc3)n2)cc1. The molecule has 0 fully saturated rings. The second-order valence-corrected chi connectivity index (χ2v) is 8.20. The van der Waals surface area contributed by atoms with Crippen molar-refractivity contribution in [2.24, 2.45) is 0 Å². The Balaban J connectivity index is 1.35. The average Bonchev–Trinajstić information content (AvgIpc) is 3.31. The number of benzene rings is 3. The Labute approximate surface area is 196 Å². The van der Waals surface area contributed by atoms with Crippen LogP contribution in [0.4, 0.5) is 5.13 Å². The molecule has 4 rings (SSSR count). The number of anilines is 1. The van der Waals surface area contributed by atoms with Crippen molar-refractivity contribution in [1.29, 1.82) is 0 Å². The van der Waals surface area contributed by atoms with Crippen molar-refractivity contribution < 1.29 is 14.3 Å². The third-order valence-electron chi connectivity index (χ3n) is 4.87. The number of ether oxygens (including phenoxy) is 1. The van der Waals surface area contributed by atoms with Gasteiger partial charge in [0.25, 0.3) is 5.91 Å². The maximum Gasteiger partial charge on any atom is 0.264 e.